The van der Waals surface area contributed by atoms with Crippen LogP contribution in [0.3, 0.4) is 0 Å². The molecule has 2 aliphatic rings. The quantitative estimate of drug-likeness (QED) is 0.671. The molecule has 0 aliphatic carbocycles. The number of hydrogen-bond acceptors (Lipinski definition) is 5. The summed E-state index contributed by atoms with van der Waals surface area (Å²) in [6, 6.07) is 13.7. The van der Waals surface area contributed by atoms with Crippen LogP contribution in [0.2, 0.25) is 0 Å². The topological polar surface area (TPSA) is 56.3 Å². The molecule has 2 aromatic carbocycles. The second kappa shape index (κ2) is 10.7. The van der Waals surface area contributed by atoms with Crippen LogP contribution in [0.4, 0.5) is 10.1 Å². The predicted octanol–water partition coefficient (Wildman–Crippen LogP) is 2.33. The highest BCUT2D eigenvalue weighted by molar-refractivity contribution is 5.94. The molecule has 176 valence electrons. The number of amides is 2. The van der Waals surface area contributed by atoms with Crippen molar-refractivity contribution in [1.82, 2.24) is 14.7 Å². The van der Waals surface area contributed by atoms with Crippen molar-refractivity contribution < 1.29 is 18.7 Å². The summed E-state index contributed by atoms with van der Waals surface area (Å²) in [4.78, 5) is 33.7. The number of rotatable bonds is 6. The first-order valence-corrected chi connectivity index (χ1v) is 11.5. The number of ether oxygens (including phenoxy) is 1. The molecule has 2 fully saturated rings. The molecule has 7 nitrogen and oxygen atoms in total. The molecule has 0 spiro atoms. The zero-order chi connectivity index (χ0) is 23.2. The van der Waals surface area contributed by atoms with Gasteiger partial charge in [-0.2, -0.15) is 0 Å². The van der Waals surface area contributed by atoms with Gasteiger partial charge in [0.15, 0.2) is 0 Å². The number of benzene rings is 2. The van der Waals surface area contributed by atoms with Gasteiger partial charge in [-0.3, -0.25) is 14.5 Å². The first-order chi connectivity index (χ1) is 16.0. The highest BCUT2D eigenvalue weighted by Gasteiger charge is 2.25. The van der Waals surface area contributed by atoms with Crippen LogP contribution in [0.25, 0.3) is 0 Å². The Hall–Kier alpha value is -3.13. The van der Waals surface area contributed by atoms with E-state index in [-0.39, 0.29) is 17.6 Å². The minimum atomic E-state index is -0.238. The van der Waals surface area contributed by atoms with Gasteiger partial charge in [-0.15, -0.1) is 0 Å². The van der Waals surface area contributed by atoms with Crippen molar-refractivity contribution in [2.24, 2.45) is 0 Å². The Kier molecular flexibility index (Phi) is 7.44. The Bertz CT molecular complexity index is 952. The average molecular weight is 455 g/mol. The summed E-state index contributed by atoms with van der Waals surface area (Å²) in [6.07, 6.45) is 0.486. The predicted molar refractivity (Wildman–Crippen MR) is 125 cm³/mol. The van der Waals surface area contributed by atoms with Crippen molar-refractivity contribution in [1.29, 1.82) is 0 Å². The molecule has 0 radical (unpaired) electrons. The van der Waals surface area contributed by atoms with E-state index >= 15 is 0 Å². The van der Waals surface area contributed by atoms with E-state index in [0.29, 0.717) is 50.5 Å². The minimum Gasteiger partial charge on any atom is -0.497 e. The van der Waals surface area contributed by atoms with Gasteiger partial charge in [0.1, 0.15) is 11.6 Å². The Morgan fingerprint density at radius 3 is 2.21 bits per heavy atom. The molecule has 2 heterocycles. The second-order valence-electron chi connectivity index (χ2n) is 8.46. The maximum atomic E-state index is 13.1. The molecule has 0 saturated carbocycles. The van der Waals surface area contributed by atoms with Crippen LogP contribution in [-0.2, 0) is 4.79 Å². The number of halogens is 1. The number of carbonyl (C=O) groups excluding carboxylic acids is 2. The van der Waals surface area contributed by atoms with Gasteiger partial charge >= 0.3 is 0 Å². The van der Waals surface area contributed by atoms with Crippen LogP contribution in [0.1, 0.15) is 16.8 Å². The van der Waals surface area contributed by atoms with Crippen LogP contribution < -0.4 is 9.64 Å². The average Bonchev–Trinajstić information content (AvgIpc) is 2.88. The van der Waals surface area contributed by atoms with Crippen molar-refractivity contribution in [2.75, 3.05) is 70.9 Å². The van der Waals surface area contributed by atoms with E-state index in [4.69, 9.17) is 4.74 Å². The summed E-state index contributed by atoms with van der Waals surface area (Å²) in [5, 5.41) is 0. The third-order valence-corrected chi connectivity index (χ3v) is 6.44. The Morgan fingerprint density at radius 2 is 1.55 bits per heavy atom. The standard InChI is InChI=1S/C25H31FN4O3/c1-33-23-4-2-3-20(19-23)25(32)30-13-11-27(12-14-30)10-9-24(31)29-17-15-28(16-18-29)22-7-5-21(26)6-8-22/h2-8,19H,9-18H2,1H3. The van der Waals surface area contributed by atoms with E-state index in [9.17, 15) is 14.0 Å². The highest BCUT2D eigenvalue weighted by Crippen LogP contribution is 2.18. The normalized spacial score (nSPS) is 17.2. The molecule has 0 aromatic heterocycles. The molecule has 8 heteroatoms. The summed E-state index contributed by atoms with van der Waals surface area (Å²) in [5.74, 6) is 0.627. The summed E-state index contributed by atoms with van der Waals surface area (Å²) in [6.45, 7) is 6.41. The molecule has 2 saturated heterocycles. The SMILES string of the molecule is COc1cccc(C(=O)N2CCN(CCC(=O)N3CCN(c4ccc(F)cc4)CC3)CC2)c1. The number of anilines is 1. The van der Waals surface area contributed by atoms with Gasteiger partial charge in [0.2, 0.25) is 5.91 Å². The number of methoxy groups -OCH3 is 1. The maximum Gasteiger partial charge on any atom is 0.254 e. The van der Waals surface area contributed by atoms with Crippen molar-refractivity contribution in [3.05, 3.63) is 59.9 Å². The second-order valence-corrected chi connectivity index (χ2v) is 8.46. The lowest BCUT2D eigenvalue weighted by Gasteiger charge is -2.37. The first kappa shape index (κ1) is 23.0. The lowest BCUT2D eigenvalue weighted by Crippen LogP contribution is -2.51. The van der Waals surface area contributed by atoms with Gasteiger partial charge in [0.25, 0.3) is 5.91 Å². The van der Waals surface area contributed by atoms with E-state index in [1.807, 2.05) is 28.0 Å². The van der Waals surface area contributed by atoms with Gasteiger partial charge in [-0.1, -0.05) is 6.07 Å². The summed E-state index contributed by atoms with van der Waals surface area (Å²) < 4.78 is 18.3. The molecular weight excluding hydrogens is 423 g/mol. The summed E-state index contributed by atoms with van der Waals surface area (Å²) >= 11 is 0. The summed E-state index contributed by atoms with van der Waals surface area (Å²) in [5.41, 5.74) is 1.63. The summed E-state index contributed by atoms with van der Waals surface area (Å²) in [7, 11) is 1.59. The number of piperazine rings is 2. The lowest BCUT2D eigenvalue weighted by molar-refractivity contribution is -0.131. The monoisotopic (exact) mass is 454 g/mol. The van der Waals surface area contributed by atoms with Crippen LogP contribution in [-0.4, -0.2) is 92.5 Å². The molecule has 0 bridgehead atoms. The number of nitrogens with zero attached hydrogens (tertiary/aromatic N) is 4. The number of hydrogen-bond donors (Lipinski definition) is 0. The van der Waals surface area contributed by atoms with E-state index in [1.54, 1.807) is 25.3 Å². The minimum absolute atomic E-state index is 0.0173. The Labute approximate surface area is 194 Å². The molecule has 2 amide bonds. The van der Waals surface area contributed by atoms with Gasteiger partial charge in [-0.25, -0.2) is 4.39 Å². The van der Waals surface area contributed by atoms with Gasteiger partial charge in [0, 0.05) is 76.6 Å². The van der Waals surface area contributed by atoms with E-state index < -0.39 is 0 Å². The van der Waals surface area contributed by atoms with Crippen LogP contribution >= 0.6 is 0 Å². The van der Waals surface area contributed by atoms with Gasteiger partial charge < -0.3 is 19.4 Å². The van der Waals surface area contributed by atoms with Crippen molar-refractivity contribution in [3.63, 3.8) is 0 Å². The van der Waals surface area contributed by atoms with Crippen molar-refractivity contribution >= 4 is 17.5 Å². The number of carbonyl (C=O) groups is 2. The zero-order valence-electron chi connectivity index (χ0n) is 19.1. The van der Waals surface area contributed by atoms with E-state index in [2.05, 4.69) is 9.80 Å². The van der Waals surface area contributed by atoms with Crippen LogP contribution in [0, 0.1) is 5.82 Å². The fourth-order valence-corrected chi connectivity index (χ4v) is 4.39. The van der Waals surface area contributed by atoms with E-state index in [1.165, 1.54) is 12.1 Å². The van der Waals surface area contributed by atoms with E-state index in [0.717, 1.165) is 31.9 Å². The maximum absolute atomic E-state index is 13.1. The molecule has 2 aromatic rings. The zero-order valence-corrected chi connectivity index (χ0v) is 19.1. The van der Waals surface area contributed by atoms with Gasteiger partial charge in [0.05, 0.1) is 7.11 Å². The molecule has 4 rings (SSSR count). The fourth-order valence-electron chi connectivity index (χ4n) is 4.39. The molecule has 33 heavy (non-hydrogen) atoms. The molecule has 0 N–H and O–H groups in total. The molecule has 0 atom stereocenters. The smallest absolute Gasteiger partial charge is 0.254 e. The molecular formula is C25H31FN4O3. The Balaban J connectivity index is 1.18. The molecule has 0 unspecified atom stereocenters. The largest absolute Gasteiger partial charge is 0.497 e. The van der Waals surface area contributed by atoms with Crippen molar-refractivity contribution in [3.8, 4) is 5.75 Å². The van der Waals surface area contributed by atoms with Crippen molar-refractivity contribution in [2.45, 2.75) is 6.42 Å². The Morgan fingerprint density at radius 1 is 0.879 bits per heavy atom. The van der Waals surface area contributed by atoms with Crippen LogP contribution in [0.15, 0.2) is 48.5 Å². The first-order valence-electron chi connectivity index (χ1n) is 11.5. The van der Waals surface area contributed by atoms with Gasteiger partial charge in [-0.05, 0) is 42.5 Å². The highest BCUT2D eigenvalue weighted by atomic mass is 19.1. The fraction of sp³-hybridized carbons (Fsp3) is 0.440. The van der Waals surface area contributed by atoms with Crippen LogP contribution in [0.5, 0.6) is 5.75 Å². The third-order valence-electron chi connectivity index (χ3n) is 6.44. The lowest BCUT2D eigenvalue weighted by atomic mass is 10.1. The third kappa shape index (κ3) is 5.82. The molecule has 2 aliphatic heterocycles.